The third-order valence-corrected chi connectivity index (χ3v) is 3.54. The van der Waals surface area contributed by atoms with Crippen LogP contribution >= 0.6 is 0 Å². The van der Waals surface area contributed by atoms with Crippen LogP contribution < -0.4 is 5.32 Å². The lowest BCUT2D eigenvalue weighted by atomic mass is 10.1. The van der Waals surface area contributed by atoms with E-state index in [1.165, 1.54) is 25.8 Å². The molecule has 0 saturated heterocycles. The summed E-state index contributed by atoms with van der Waals surface area (Å²) in [6.07, 6.45) is 3.95. The molecule has 0 radical (unpaired) electrons. The van der Waals surface area contributed by atoms with Crippen LogP contribution in [0.3, 0.4) is 0 Å². The van der Waals surface area contributed by atoms with E-state index in [0.29, 0.717) is 12.1 Å². The lowest BCUT2D eigenvalue weighted by Gasteiger charge is -2.30. The maximum Gasteiger partial charge on any atom is 0.0194 e. The van der Waals surface area contributed by atoms with Gasteiger partial charge in [-0.3, -0.25) is 4.90 Å². The van der Waals surface area contributed by atoms with Crippen molar-refractivity contribution in [3.05, 3.63) is 0 Å². The summed E-state index contributed by atoms with van der Waals surface area (Å²) in [5, 5.41) is 3.48. The van der Waals surface area contributed by atoms with Crippen LogP contribution in [-0.2, 0) is 0 Å². The van der Waals surface area contributed by atoms with Gasteiger partial charge in [0.1, 0.15) is 0 Å². The Kier molecular flexibility index (Phi) is 10.7. The van der Waals surface area contributed by atoms with Gasteiger partial charge in [-0.15, -0.1) is 0 Å². The molecule has 0 aliphatic heterocycles. The monoisotopic (exact) mass is 257 g/mol. The van der Waals surface area contributed by atoms with E-state index in [-0.39, 0.29) is 0 Å². The standard InChI is InChI=1S/C15H35N3/c1-7-16-14(3)11-9-10-12-18(8-2)15(4)13-17(5)6/h14-16H,7-13H2,1-6H3. The van der Waals surface area contributed by atoms with Crippen molar-refractivity contribution in [3.8, 4) is 0 Å². The first kappa shape index (κ1) is 17.9. The number of rotatable bonds is 11. The van der Waals surface area contributed by atoms with E-state index in [0.717, 1.165) is 19.6 Å². The van der Waals surface area contributed by atoms with Crippen molar-refractivity contribution in [3.63, 3.8) is 0 Å². The normalized spacial score (nSPS) is 15.3. The Morgan fingerprint density at radius 3 is 2.22 bits per heavy atom. The fourth-order valence-electron chi connectivity index (χ4n) is 2.55. The molecule has 2 unspecified atom stereocenters. The largest absolute Gasteiger partial charge is 0.315 e. The minimum atomic E-state index is 0.663. The van der Waals surface area contributed by atoms with Crippen molar-refractivity contribution >= 4 is 0 Å². The average Bonchev–Trinajstić information content (AvgIpc) is 2.28. The molecule has 0 spiro atoms. The second kappa shape index (κ2) is 10.8. The van der Waals surface area contributed by atoms with Gasteiger partial charge in [-0.1, -0.05) is 20.3 Å². The van der Waals surface area contributed by atoms with Gasteiger partial charge in [0.2, 0.25) is 0 Å². The van der Waals surface area contributed by atoms with Crippen LogP contribution in [-0.4, -0.2) is 62.2 Å². The summed E-state index contributed by atoms with van der Waals surface area (Å²) in [6.45, 7) is 13.7. The first-order chi connectivity index (χ1) is 8.51. The first-order valence-corrected chi connectivity index (χ1v) is 7.63. The number of nitrogens with zero attached hydrogens (tertiary/aromatic N) is 2. The van der Waals surface area contributed by atoms with Gasteiger partial charge in [-0.05, 0) is 60.4 Å². The molecule has 3 heteroatoms. The highest BCUT2D eigenvalue weighted by Crippen LogP contribution is 2.06. The number of nitrogens with one attached hydrogen (secondary N) is 1. The smallest absolute Gasteiger partial charge is 0.0194 e. The molecule has 0 rings (SSSR count). The zero-order chi connectivity index (χ0) is 14.0. The van der Waals surface area contributed by atoms with Gasteiger partial charge in [0.15, 0.2) is 0 Å². The summed E-state index contributed by atoms with van der Waals surface area (Å²) in [7, 11) is 4.31. The molecule has 0 fully saturated rings. The molecule has 1 N–H and O–H groups in total. The summed E-state index contributed by atoms with van der Waals surface area (Å²) in [5.41, 5.74) is 0. The quantitative estimate of drug-likeness (QED) is 0.574. The molecule has 0 aromatic heterocycles. The fourth-order valence-corrected chi connectivity index (χ4v) is 2.55. The summed E-state index contributed by atoms with van der Waals surface area (Å²) >= 11 is 0. The van der Waals surface area contributed by atoms with E-state index in [2.05, 4.69) is 56.9 Å². The third kappa shape index (κ3) is 8.90. The van der Waals surface area contributed by atoms with Crippen LogP contribution in [0.4, 0.5) is 0 Å². The Hall–Kier alpha value is -0.120. The maximum atomic E-state index is 3.48. The predicted octanol–water partition coefficient (Wildman–Crippen LogP) is 2.43. The van der Waals surface area contributed by atoms with E-state index < -0.39 is 0 Å². The average molecular weight is 257 g/mol. The molecule has 18 heavy (non-hydrogen) atoms. The minimum absolute atomic E-state index is 0.663. The number of unbranched alkanes of at least 4 members (excludes halogenated alkanes) is 1. The van der Waals surface area contributed by atoms with Gasteiger partial charge in [0.05, 0.1) is 0 Å². The number of hydrogen-bond donors (Lipinski definition) is 1. The summed E-state index contributed by atoms with van der Waals surface area (Å²) in [4.78, 5) is 4.87. The highest BCUT2D eigenvalue weighted by atomic mass is 15.2. The molecule has 2 atom stereocenters. The fraction of sp³-hybridized carbons (Fsp3) is 1.00. The summed E-state index contributed by atoms with van der Waals surface area (Å²) in [5.74, 6) is 0. The SMILES string of the molecule is CCNC(C)CCCCN(CC)C(C)CN(C)C. The zero-order valence-electron chi connectivity index (χ0n) is 13.5. The van der Waals surface area contributed by atoms with Gasteiger partial charge in [-0.25, -0.2) is 0 Å². The van der Waals surface area contributed by atoms with Crippen molar-refractivity contribution in [1.29, 1.82) is 0 Å². The molecule has 0 aromatic carbocycles. The summed E-state index contributed by atoms with van der Waals surface area (Å²) < 4.78 is 0. The predicted molar refractivity (Wildman–Crippen MR) is 82.3 cm³/mol. The molecule has 0 heterocycles. The Balaban J connectivity index is 3.73. The second-order valence-corrected chi connectivity index (χ2v) is 5.69. The van der Waals surface area contributed by atoms with Gasteiger partial charge >= 0.3 is 0 Å². The van der Waals surface area contributed by atoms with E-state index in [1.807, 2.05) is 0 Å². The zero-order valence-corrected chi connectivity index (χ0v) is 13.5. The molecule has 0 amide bonds. The van der Waals surface area contributed by atoms with Crippen molar-refractivity contribution < 1.29 is 0 Å². The van der Waals surface area contributed by atoms with E-state index >= 15 is 0 Å². The summed E-state index contributed by atoms with van der Waals surface area (Å²) in [6, 6.07) is 1.33. The molecule has 3 nitrogen and oxygen atoms in total. The molecule has 0 aliphatic rings. The van der Waals surface area contributed by atoms with E-state index in [9.17, 15) is 0 Å². The number of likely N-dealkylation sites (N-methyl/N-ethyl adjacent to an activating group) is 2. The Bertz CT molecular complexity index is 183. The maximum absolute atomic E-state index is 3.48. The second-order valence-electron chi connectivity index (χ2n) is 5.69. The third-order valence-electron chi connectivity index (χ3n) is 3.54. The Labute approximate surface area is 115 Å². The highest BCUT2D eigenvalue weighted by Gasteiger charge is 2.12. The Morgan fingerprint density at radius 1 is 1.06 bits per heavy atom. The molecule has 0 bridgehead atoms. The van der Waals surface area contributed by atoms with Crippen LogP contribution in [0.5, 0.6) is 0 Å². The van der Waals surface area contributed by atoms with Gasteiger partial charge in [-0.2, -0.15) is 0 Å². The van der Waals surface area contributed by atoms with E-state index in [4.69, 9.17) is 0 Å². The van der Waals surface area contributed by atoms with Crippen LogP contribution in [0, 0.1) is 0 Å². The van der Waals surface area contributed by atoms with Crippen LogP contribution in [0.15, 0.2) is 0 Å². The minimum Gasteiger partial charge on any atom is -0.315 e. The van der Waals surface area contributed by atoms with Gasteiger partial charge in [0.25, 0.3) is 0 Å². The highest BCUT2D eigenvalue weighted by molar-refractivity contribution is 4.69. The first-order valence-electron chi connectivity index (χ1n) is 7.63. The molecule has 0 aliphatic carbocycles. The molecule has 0 aromatic rings. The van der Waals surface area contributed by atoms with Crippen LogP contribution in [0.1, 0.15) is 47.0 Å². The van der Waals surface area contributed by atoms with Crippen molar-refractivity contribution in [2.45, 2.75) is 59.0 Å². The molecule has 110 valence electrons. The van der Waals surface area contributed by atoms with Crippen LogP contribution in [0.2, 0.25) is 0 Å². The van der Waals surface area contributed by atoms with Crippen molar-refractivity contribution in [1.82, 2.24) is 15.1 Å². The van der Waals surface area contributed by atoms with Crippen molar-refractivity contribution in [2.75, 3.05) is 40.3 Å². The Morgan fingerprint density at radius 2 is 1.72 bits per heavy atom. The topological polar surface area (TPSA) is 18.5 Å². The van der Waals surface area contributed by atoms with Crippen molar-refractivity contribution in [2.24, 2.45) is 0 Å². The van der Waals surface area contributed by atoms with Gasteiger partial charge in [0, 0.05) is 18.6 Å². The molecular weight excluding hydrogens is 222 g/mol. The lowest BCUT2D eigenvalue weighted by molar-refractivity contribution is 0.178. The van der Waals surface area contributed by atoms with E-state index in [1.54, 1.807) is 0 Å². The molecule has 0 saturated carbocycles. The lowest BCUT2D eigenvalue weighted by Crippen LogP contribution is -2.40. The number of hydrogen-bond acceptors (Lipinski definition) is 3. The van der Waals surface area contributed by atoms with Gasteiger partial charge < -0.3 is 10.2 Å². The molecular formula is C15H35N3. The van der Waals surface area contributed by atoms with Crippen LogP contribution in [0.25, 0.3) is 0 Å².